The molecule has 0 radical (unpaired) electrons. The molecule has 0 aliphatic carbocycles. The molecule has 1 rings (SSSR count). The maximum absolute atomic E-state index is 12.2. The summed E-state index contributed by atoms with van der Waals surface area (Å²) in [5.74, 6) is 0.172. The van der Waals surface area contributed by atoms with Crippen molar-refractivity contribution in [3.63, 3.8) is 0 Å². The summed E-state index contributed by atoms with van der Waals surface area (Å²) in [4.78, 5) is 0. The van der Waals surface area contributed by atoms with E-state index in [1.807, 2.05) is 0 Å². The number of aliphatic hydroxyl groups excluding tert-OH is 1. The summed E-state index contributed by atoms with van der Waals surface area (Å²) in [5, 5.41) is 17.9. The third kappa shape index (κ3) is 2.70. The number of aliphatic hydroxyl groups is 1. The number of alkyl halides is 1. The predicted octanol–water partition coefficient (Wildman–Crippen LogP) is 1.79. The highest BCUT2D eigenvalue weighted by molar-refractivity contribution is 5.36. The van der Waals surface area contributed by atoms with Crippen LogP contribution in [0, 0.1) is 0 Å². The Balaban J connectivity index is 2.78. The van der Waals surface area contributed by atoms with Crippen LogP contribution < -0.4 is 0 Å². The lowest BCUT2D eigenvalue weighted by Crippen LogP contribution is -1.91. The van der Waals surface area contributed by atoms with Crippen molar-refractivity contribution < 1.29 is 14.6 Å². The molecule has 0 fully saturated rings. The molecule has 1 aromatic rings. The first-order valence-corrected chi connectivity index (χ1v) is 4.25. The first kappa shape index (κ1) is 9.99. The fraction of sp³-hybridized carbons (Fsp3) is 0.400. The summed E-state index contributed by atoms with van der Waals surface area (Å²) in [6.45, 7) is -0.439. The minimum absolute atomic E-state index is 0.0826. The smallest absolute Gasteiger partial charge is 0.118 e. The number of benzene rings is 1. The fourth-order valence-corrected chi connectivity index (χ4v) is 1.19. The summed E-state index contributed by atoms with van der Waals surface area (Å²) in [7, 11) is 0. The lowest BCUT2D eigenvalue weighted by Gasteiger charge is -2.04. The van der Waals surface area contributed by atoms with Gasteiger partial charge >= 0.3 is 0 Å². The van der Waals surface area contributed by atoms with E-state index in [1.54, 1.807) is 12.1 Å². The van der Waals surface area contributed by atoms with E-state index in [0.29, 0.717) is 24.0 Å². The number of halogens is 1. The summed E-state index contributed by atoms with van der Waals surface area (Å²) in [6, 6.07) is 4.67. The molecule has 0 spiro atoms. The van der Waals surface area contributed by atoms with Crippen LogP contribution in [0.4, 0.5) is 4.39 Å². The molecular weight excluding hydrogens is 171 g/mol. The van der Waals surface area contributed by atoms with Crippen LogP contribution in [0.1, 0.15) is 17.5 Å². The van der Waals surface area contributed by atoms with E-state index in [9.17, 15) is 9.50 Å². The average molecular weight is 184 g/mol. The van der Waals surface area contributed by atoms with Gasteiger partial charge in [-0.1, -0.05) is 6.07 Å². The Labute approximate surface area is 76.6 Å². The van der Waals surface area contributed by atoms with Crippen LogP contribution in [0.5, 0.6) is 5.75 Å². The highest BCUT2D eigenvalue weighted by Crippen LogP contribution is 2.20. The van der Waals surface area contributed by atoms with Gasteiger partial charge in [0.05, 0.1) is 0 Å². The van der Waals surface area contributed by atoms with Gasteiger partial charge in [0.15, 0.2) is 0 Å². The first-order chi connectivity index (χ1) is 6.27. The van der Waals surface area contributed by atoms with Crippen LogP contribution in [0.25, 0.3) is 0 Å². The van der Waals surface area contributed by atoms with Crippen LogP contribution in [0.2, 0.25) is 0 Å². The SMILES string of the molecule is OCCCc1cc(CF)ccc1O. The predicted molar refractivity (Wildman–Crippen MR) is 48.3 cm³/mol. The van der Waals surface area contributed by atoms with E-state index in [-0.39, 0.29) is 12.4 Å². The third-order valence-corrected chi connectivity index (χ3v) is 1.90. The molecular formula is C10H13FO2. The molecule has 72 valence electrons. The molecule has 0 unspecified atom stereocenters. The molecule has 3 heteroatoms. The van der Waals surface area contributed by atoms with Crippen molar-refractivity contribution in [2.75, 3.05) is 6.61 Å². The first-order valence-electron chi connectivity index (χ1n) is 4.25. The molecule has 0 aliphatic rings. The van der Waals surface area contributed by atoms with E-state index in [1.165, 1.54) is 6.07 Å². The molecule has 0 amide bonds. The third-order valence-electron chi connectivity index (χ3n) is 1.90. The van der Waals surface area contributed by atoms with Crippen molar-refractivity contribution in [1.29, 1.82) is 0 Å². The zero-order chi connectivity index (χ0) is 9.68. The van der Waals surface area contributed by atoms with Crippen molar-refractivity contribution in [3.05, 3.63) is 29.3 Å². The van der Waals surface area contributed by atoms with E-state index in [4.69, 9.17) is 5.11 Å². The molecule has 0 aromatic heterocycles. The zero-order valence-corrected chi connectivity index (χ0v) is 7.33. The fourth-order valence-electron chi connectivity index (χ4n) is 1.19. The number of hydrogen-bond acceptors (Lipinski definition) is 2. The number of phenols is 1. The van der Waals surface area contributed by atoms with E-state index < -0.39 is 6.67 Å². The van der Waals surface area contributed by atoms with Crippen molar-refractivity contribution in [1.82, 2.24) is 0 Å². The average Bonchev–Trinajstić information content (AvgIpc) is 2.17. The molecule has 0 atom stereocenters. The Morgan fingerprint density at radius 2 is 2.08 bits per heavy atom. The number of hydrogen-bond donors (Lipinski definition) is 2. The summed E-state index contributed by atoms with van der Waals surface area (Å²) in [6.07, 6.45) is 1.17. The molecule has 2 nitrogen and oxygen atoms in total. The van der Waals surface area contributed by atoms with Crippen molar-refractivity contribution in [2.45, 2.75) is 19.5 Å². The van der Waals surface area contributed by atoms with E-state index in [0.717, 1.165) is 0 Å². The molecule has 2 N–H and O–H groups in total. The zero-order valence-electron chi connectivity index (χ0n) is 7.33. The second kappa shape index (κ2) is 4.82. The number of aromatic hydroxyl groups is 1. The van der Waals surface area contributed by atoms with Gasteiger partial charge in [-0.2, -0.15) is 0 Å². The quantitative estimate of drug-likeness (QED) is 0.748. The number of aryl methyl sites for hydroxylation is 1. The Morgan fingerprint density at radius 3 is 2.69 bits per heavy atom. The van der Waals surface area contributed by atoms with Crippen LogP contribution in [-0.2, 0) is 13.1 Å². The lowest BCUT2D eigenvalue weighted by molar-refractivity contribution is 0.288. The molecule has 0 saturated heterocycles. The minimum atomic E-state index is -0.521. The maximum atomic E-state index is 12.2. The van der Waals surface area contributed by atoms with Gasteiger partial charge in [-0.3, -0.25) is 0 Å². The maximum Gasteiger partial charge on any atom is 0.118 e. The van der Waals surface area contributed by atoms with Gasteiger partial charge in [0.25, 0.3) is 0 Å². The molecule has 0 saturated carbocycles. The Bertz CT molecular complexity index is 274. The van der Waals surface area contributed by atoms with E-state index >= 15 is 0 Å². The summed E-state index contributed by atoms with van der Waals surface area (Å²) in [5.41, 5.74) is 1.26. The molecule has 0 bridgehead atoms. The molecule has 1 aromatic carbocycles. The van der Waals surface area contributed by atoms with Gasteiger partial charge in [0.1, 0.15) is 12.4 Å². The number of phenolic OH excluding ortho intramolecular Hbond substituents is 1. The second-order valence-electron chi connectivity index (χ2n) is 2.92. The summed E-state index contributed by atoms with van der Waals surface area (Å²) >= 11 is 0. The van der Waals surface area contributed by atoms with Gasteiger partial charge in [0.2, 0.25) is 0 Å². The van der Waals surface area contributed by atoms with Gasteiger partial charge in [-0.15, -0.1) is 0 Å². The van der Waals surface area contributed by atoms with Gasteiger partial charge in [-0.05, 0) is 36.1 Å². The highest BCUT2D eigenvalue weighted by Gasteiger charge is 2.02. The van der Waals surface area contributed by atoms with Crippen LogP contribution in [0.15, 0.2) is 18.2 Å². The second-order valence-corrected chi connectivity index (χ2v) is 2.92. The van der Waals surface area contributed by atoms with Crippen LogP contribution in [0.3, 0.4) is 0 Å². The van der Waals surface area contributed by atoms with Crippen molar-refractivity contribution in [2.24, 2.45) is 0 Å². The monoisotopic (exact) mass is 184 g/mol. The van der Waals surface area contributed by atoms with Crippen LogP contribution >= 0.6 is 0 Å². The van der Waals surface area contributed by atoms with Crippen molar-refractivity contribution in [3.8, 4) is 5.75 Å². The topological polar surface area (TPSA) is 40.5 Å². The molecule has 13 heavy (non-hydrogen) atoms. The van der Waals surface area contributed by atoms with E-state index in [2.05, 4.69) is 0 Å². The molecule has 0 aliphatic heterocycles. The Morgan fingerprint density at radius 1 is 1.31 bits per heavy atom. The normalized spacial score (nSPS) is 10.3. The lowest BCUT2D eigenvalue weighted by atomic mass is 10.1. The molecule has 0 heterocycles. The number of rotatable bonds is 4. The Kier molecular flexibility index (Phi) is 3.71. The van der Waals surface area contributed by atoms with Gasteiger partial charge in [-0.25, -0.2) is 4.39 Å². The van der Waals surface area contributed by atoms with Crippen molar-refractivity contribution >= 4 is 0 Å². The standard InChI is InChI=1S/C10H13FO2/c11-7-8-3-4-10(13)9(6-8)2-1-5-12/h3-4,6,12-13H,1-2,5,7H2. The minimum Gasteiger partial charge on any atom is -0.508 e. The highest BCUT2D eigenvalue weighted by atomic mass is 19.1. The largest absolute Gasteiger partial charge is 0.508 e. The Hall–Kier alpha value is -1.09. The summed E-state index contributed by atoms with van der Waals surface area (Å²) < 4.78 is 12.2. The van der Waals surface area contributed by atoms with Gasteiger partial charge in [0, 0.05) is 6.61 Å². The van der Waals surface area contributed by atoms with Gasteiger partial charge < -0.3 is 10.2 Å². The van der Waals surface area contributed by atoms with Crippen LogP contribution in [-0.4, -0.2) is 16.8 Å².